The van der Waals surface area contributed by atoms with Crippen molar-refractivity contribution < 1.29 is 34.7 Å². The number of aliphatic hydroxyl groups is 4. The van der Waals surface area contributed by atoms with Gasteiger partial charge in [0.25, 0.3) is 0 Å². The van der Waals surface area contributed by atoms with Crippen LogP contribution in [-0.2, 0) is 11.3 Å². The van der Waals surface area contributed by atoms with Crippen molar-refractivity contribution in [2.75, 3.05) is 6.61 Å². The van der Waals surface area contributed by atoms with Gasteiger partial charge in [0.1, 0.15) is 42.5 Å². The second-order valence-electron chi connectivity index (χ2n) is 8.12. The Labute approximate surface area is 215 Å². The molecule has 190 valence electrons. The number of ketones is 1. The molecule has 0 spiro atoms. The van der Waals surface area contributed by atoms with Crippen LogP contribution in [0.5, 0.6) is 5.75 Å². The highest BCUT2D eigenvalue weighted by Gasteiger charge is 2.44. The van der Waals surface area contributed by atoms with Crippen LogP contribution in [0.2, 0.25) is 10.0 Å². The smallest absolute Gasteiger partial charge is 0.185 e. The summed E-state index contributed by atoms with van der Waals surface area (Å²) in [6, 6.07) is 11.5. The summed E-state index contributed by atoms with van der Waals surface area (Å²) < 4.78 is 12.3. The summed E-state index contributed by atoms with van der Waals surface area (Å²) in [5.74, 6) is 0.277. The number of halogens is 2. The number of ether oxygens (including phenoxy) is 2. The third-order valence-electron chi connectivity index (χ3n) is 5.52. The molecule has 0 unspecified atom stereocenters. The summed E-state index contributed by atoms with van der Waals surface area (Å²) in [4.78, 5) is 12.5. The average molecular weight is 536 g/mol. The normalized spacial score (nSPS) is 24.2. The zero-order valence-electron chi connectivity index (χ0n) is 18.7. The fourth-order valence-electron chi connectivity index (χ4n) is 3.62. The monoisotopic (exact) mass is 535 g/mol. The fourth-order valence-corrected chi connectivity index (χ4v) is 4.16. The zero-order valence-corrected chi connectivity index (χ0v) is 20.2. The minimum absolute atomic E-state index is 0.0279. The number of hydrogen-bond acceptors (Lipinski definition) is 9. The first kappa shape index (κ1) is 26.2. The van der Waals surface area contributed by atoms with Gasteiger partial charge >= 0.3 is 0 Å². The first-order valence-corrected chi connectivity index (χ1v) is 11.6. The second-order valence-corrected chi connectivity index (χ2v) is 9.00. The molecule has 5 atom stereocenters. The van der Waals surface area contributed by atoms with Crippen molar-refractivity contribution in [1.82, 2.24) is 15.0 Å². The van der Waals surface area contributed by atoms with Crippen LogP contribution >= 0.6 is 23.2 Å². The van der Waals surface area contributed by atoms with Gasteiger partial charge in [-0.2, -0.15) is 0 Å². The van der Waals surface area contributed by atoms with E-state index in [2.05, 4.69) is 10.3 Å². The van der Waals surface area contributed by atoms with Gasteiger partial charge in [-0.15, -0.1) is 5.10 Å². The molecule has 0 aliphatic carbocycles. The Kier molecular flexibility index (Phi) is 8.37. The van der Waals surface area contributed by atoms with Crippen molar-refractivity contribution in [3.63, 3.8) is 0 Å². The summed E-state index contributed by atoms with van der Waals surface area (Å²) in [6.45, 7) is -0.518. The Balaban J connectivity index is 1.34. The van der Waals surface area contributed by atoms with Gasteiger partial charge in [-0.3, -0.25) is 4.79 Å². The Bertz CT molecular complexity index is 1210. The van der Waals surface area contributed by atoms with E-state index in [-0.39, 0.29) is 12.4 Å². The lowest BCUT2D eigenvalue weighted by Crippen LogP contribution is -2.56. The molecule has 0 radical (unpaired) electrons. The number of aliphatic hydroxyl groups excluding tert-OH is 4. The van der Waals surface area contributed by atoms with Gasteiger partial charge in [-0.1, -0.05) is 34.5 Å². The molecule has 0 amide bonds. The van der Waals surface area contributed by atoms with Crippen LogP contribution in [0.25, 0.3) is 6.08 Å². The maximum absolute atomic E-state index is 12.5. The molecule has 10 nitrogen and oxygen atoms in total. The Morgan fingerprint density at radius 1 is 1.06 bits per heavy atom. The standard InChI is InChI=1S/C24H23Cl2N3O7/c25-15-7-13(8-16(26)9-15)1-6-19(31)14-2-4-18(5-3-14)35-12-17-10-29(28-27-17)24-23(34)22(33)21(32)20(11-30)36-24/h1-10,20-24,30,32-34H,11-12H2/b6-1+/t20-,21-,22+,23-,24-/m1/s1. The minimum atomic E-state index is -1.52. The van der Waals surface area contributed by atoms with Crippen LogP contribution in [0.4, 0.5) is 0 Å². The topological polar surface area (TPSA) is 147 Å². The van der Waals surface area contributed by atoms with E-state index in [1.54, 1.807) is 48.5 Å². The molecule has 0 bridgehead atoms. The summed E-state index contributed by atoms with van der Waals surface area (Å²) >= 11 is 11.9. The zero-order chi connectivity index (χ0) is 25.8. The predicted octanol–water partition coefficient (Wildman–Crippen LogP) is 2.03. The number of benzene rings is 2. The number of aromatic nitrogens is 3. The van der Waals surface area contributed by atoms with E-state index in [4.69, 9.17) is 32.7 Å². The van der Waals surface area contributed by atoms with Crippen molar-refractivity contribution in [2.45, 2.75) is 37.3 Å². The Hall–Kier alpha value is -2.83. The molecule has 1 fully saturated rings. The Morgan fingerprint density at radius 2 is 1.75 bits per heavy atom. The molecule has 2 heterocycles. The number of carbonyl (C=O) groups excluding carboxylic acids is 1. The quantitative estimate of drug-likeness (QED) is 0.251. The lowest BCUT2D eigenvalue weighted by Gasteiger charge is -2.39. The summed E-state index contributed by atoms with van der Waals surface area (Å²) in [5, 5.41) is 48.2. The summed E-state index contributed by atoms with van der Waals surface area (Å²) in [6.07, 6.45) is -2.17. The van der Waals surface area contributed by atoms with Crippen LogP contribution in [-0.4, -0.2) is 72.2 Å². The minimum Gasteiger partial charge on any atom is -0.487 e. The van der Waals surface area contributed by atoms with Gasteiger partial charge in [0.05, 0.1) is 12.8 Å². The van der Waals surface area contributed by atoms with Gasteiger partial charge in [0.2, 0.25) is 0 Å². The molecule has 4 rings (SSSR count). The molecule has 1 aromatic heterocycles. The highest BCUT2D eigenvalue weighted by Crippen LogP contribution is 2.28. The van der Waals surface area contributed by atoms with E-state index in [0.29, 0.717) is 32.6 Å². The van der Waals surface area contributed by atoms with E-state index < -0.39 is 37.3 Å². The van der Waals surface area contributed by atoms with Crippen molar-refractivity contribution in [1.29, 1.82) is 0 Å². The van der Waals surface area contributed by atoms with Crippen molar-refractivity contribution >= 4 is 35.1 Å². The molecular formula is C24H23Cl2N3O7. The van der Waals surface area contributed by atoms with Crippen LogP contribution in [0.15, 0.2) is 54.7 Å². The molecule has 1 saturated heterocycles. The fraction of sp³-hybridized carbons (Fsp3) is 0.292. The largest absolute Gasteiger partial charge is 0.487 e. The Morgan fingerprint density at radius 3 is 2.42 bits per heavy atom. The van der Waals surface area contributed by atoms with Gasteiger partial charge in [-0.25, -0.2) is 4.68 Å². The molecule has 1 aliphatic rings. The van der Waals surface area contributed by atoms with Gasteiger partial charge < -0.3 is 29.9 Å². The second kappa shape index (κ2) is 11.5. The number of rotatable bonds is 8. The van der Waals surface area contributed by atoms with Crippen LogP contribution in [0.3, 0.4) is 0 Å². The van der Waals surface area contributed by atoms with Crippen LogP contribution in [0.1, 0.15) is 27.8 Å². The lowest BCUT2D eigenvalue weighted by molar-refractivity contribution is -0.254. The van der Waals surface area contributed by atoms with Gasteiger partial charge in [0, 0.05) is 15.6 Å². The van der Waals surface area contributed by atoms with Crippen molar-refractivity contribution in [3.8, 4) is 5.75 Å². The van der Waals surface area contributed by atoms with Crippen molar-refractivity contribution in [3.05, 3.63) is 81.6 Å². The maximum Gasteiger partial charge on any atom is 0.185 e. The van der Waals surface area contributed by atoms with E-state index in [1.165, 1.54) is 17.0 Å². The molecule has 1 aliphatic heterocycles. The maximum atomic E-state index is 12.5. The number of carbonyl (C=O) groups is 1. The number of nitrogens with zero attached hydrogens (tertiary/aromatic N) is 3. The molecule has 2 aromatic carbocycles. The highest BCUT2D eigenvalue weighted by molar-refractivity contribution is 6.34. The first-order chi connectivity index (χ1) is 17.2. The SMILES string of the molecule is O=C(/C=C/c1cc(Cl)cc(Cl)c1)c1ccc(OCc2cn([C@@H]3O[C@H](CO)[C@@H](O)[C@H](O)[C@H]3O)nn2)cc1. The lowest BCUT2D eigenvalue weighted by atomic mass is 9.98. The van der Waals surface area contributed by atoms with E-state index >= 15 is 0 Å². The average Bonchev–Trinajstić information content (AvgIpc) is 3.33. The third-order valence-corrected chi connectivity index (χ3v) is 5.96. The van der Waals surface area contributed by atoms with Gasteiger partial charge in [0.15, 0.2) is 12.0 Å². The summed E-state index contributed by atoms with van der Waals surface area (Å²) in [7, 11) is 0. The van der Waals surface area contributed by atoms with Crippen LogP contribution < -0.4 is 4.74 Å². The van der Waals surface area contributed by atoms with Crippen LogP contribution in [0, 0.1) is 0 Å². The first-order valence-electron chi connectivity index (χ1n) is 10.9. The third kappa shape index (κ3) is 6.11. The predicted molar refractivity (Wildman–Crippen MR) is 130 cm³/mol. The molecule has 12 heteroatoms. The molecule has 36 heavy (non-hydrogen) atoms. The number of allylic oxidation sites excluding steroid dienone is 1. The van der Waals surface area contributed by atoms with E-state index in [0.717, 1.165) is 0 Å². The van der Waals surface area contributed by atoms with Gasteiger partial charge in [-0.05, 0) is 54.1 Å². The van der Waals surface area contributed by atoms with E-state index in [9.17, 15) is 25.2 Å². The molecular weight excluding hydrogens is 513 g/mol. The molecule has 0 saturated carbocycles. The molecule has 4 N–H and O–H groups in total. The van der Waals surface area contributed by atoms with Crippen molar-refractivity contribution in [2.24, 2.45) is 0 Å². The summed E-state index contributed by atoms with van der Waals surface area (Å²) in [5.41, 5.74) is 1.56. The molecule has 3 aromatic rings. The number of hydrogen-bond donors (Lipinski definition) is 4. The van der Waals surface area contributed by atoms with E-state index in [1.807, 2.05) is 0 Å². The highest BCUT2D eigenvalue weighted by atomic mass is 35.5.